The molecule has 0 amide bonds. The summed E-state index contributed by atoms with van der Waals surface area (Å²) in [5.74, 6) is 0. The van der Waals surface area contributed by atoms with Gasteiger partial charge in [0.2, 0.25) is 0 Å². The second kappa shape index (κ2) is 9.05. The molecule has 0 bridgehead atoms. The first kappa shape index (κ1) is 25.8. The van der Waals surface area contributed by atoms with Crippen LogP contribution in [0.2, 0.25) is 0 Å². The van der Waals surface area contributed by atoms with Crippen molar-refractivity contribution in [2.45, 2.75) is 26.2 Å². The van der Waals surface area contributed by atoms with E-state index in [4.69, 9.17) is 0 Å². The van der Waals surface area contributed by atoms with Crippen LogP contribution < -0.4 is 0 Å². The Morgan fingerprint density at radius 2 is 0.739 bits per heavy atom. The Bertz CT molecular complexity index is 2550. The second-order valence-electron chi connectivity index (χ2n) is 14.0. The van der Waals surface area contributed by atoms with Crippen molar-refractivity contribution in [3.05, 3.63) is 145 Å². The summed E-state index contributed by atoms with van der Waals surface area (Å²) in [4.78, 5) is 0. The summed E-state index contributed by atoms with van der Waals surface area (Å²) in [5, 5.41) is 13.5. The van der Waals surface area contributed by atoms with Gasteiger partial charge in [-0.15, -0.1) is 0 Å². The zero-order valence-electron chi connectivity index (χ0n) is 26.3. The van der Waals surface area contributed by atoms with E-state index in [1.54, 1.807) is 0 Å². The van der Waals surface area contributed by atoms with Gasteiger partial charge in [-0.05, 0) is 109 Å². The molecular weight excluding hydrogens is 553 g/mol. The van der Waals surface area contributed by atoms with E-state index < -0.39 is 0 Å². The first-order valence-electron chi connectivity index (χ1n) is 16.4. The van der Waals surface area contributed by atoms with Crippen molar-refractivity contribution in [1.29, 1.82) is 0 Å². The van der Waals surface area contributed by atoms with Crippen LogP contribution in [-0.2, 0) is 5.41 Å². The van der Waals surface area contributed by atoms with Crippen molar-refractivity contribution in [3.8, 4) is 44.5 Å². The van der Waals surface area contributed by atoms with Crippen LogP contribution in [0.1, 0.15) is 26.3 Å². The highest BCUT2D eigenvalue weighted by molar-refractivity contribution is 6.39. The van der Waals surface area contributed by atoms with Crippen LogP contribution in [0.25, 0.3) is 98.4 Å². The molecule has 9 aromatic carbocycles. The molecule has 0 saturated carbocycles. The third-order valence-electron chi connectivity index (χ3n) is 10.5. The van der Waals surface area contributed by atoms with Gasteiger partial charge in [0.1, 0.15) is 0 Å². The maximum atomic E-state index is 2.42. The van der Waals surface area contributed by atoms with Crippen molar-refractivity contribution in [1.82, 2.24) is 0 Å². The van der Waals surface area contributed by atoms with Crippen LogP contribution in [0.3, 0.4) is 0 Å². The van der Waals surface area contributed by atoms with Crippen LogP contribution >= 0.6 is 0 Å². The summed E-state index contributed by atoms with van der Waals surface area (Å²) in [6.07, 6.45) is 0. The van der Waals surface area contributed by atoms with Gasteiger partial charge in [0.15, 0.2) is 0 Å². The smallest absolute Gasteiger partial charge is 0.000740 e. The molecule has 9 aromatic rings. The molecule has 1 aliphatic rings. The Morgan fingerprint density at radius 3 is 1.28 bits per heavy atom. The fraction of sp³-hybridized carbons (Fsp3) is 0.0870. The maximum Gasteiger partial charge on any atom is -0.000740 e. The summed E-state index contributed by atoms with van der Waals surface area (Å²) in [6, 6.07) is 52.4. The van der Waals surface area contributed by atoms with Crippen LogP contribution in [0.4, 0.5) is 0 Å². The van der Waals surface area contributed by atoms with E-state index in [0.717, 1.165) is 0 Å². The lowest BCUT2D eigenvalue weighted by molar-refractivity contribution is 0.596. The van der Waals surface area contributed by atoms with Crippen LogP contribution in [0, 0.1) is 0 Å². The van der Waals surface area contributed by atoms with Crippen LogP contribution in [-0.4, -0.2) is 0 Å². The van der Waals surface area contributed by atoms with Crippen molar-refractivity contribution < 1.29 is 0 Å². The van der Waals surface area contributed by atoms with E-state index in [0.29, 0.717) is 0 Å². The first-order valence-corrected chi connectivity index (χ1v) is 16.4. The van der Waals surface area contributed by atoms with E-state index >= 15 is 0 Å². The van der Waals surface area contributed by atoms with E-state index in [1.165, 1.54) is 104 Å². The molecule has 0 unspecified atom stereocenters. The molecule has 0 radical (unpaired) electrons. The number of benzene rings is 9. The molecule has 0 nitrogen and oxygen atoms in total. The fourth-order valence-electron chi connectivity index (χ4n) is 8.66. The number of fused-ring (bicyclic) bond motifs is 6. The van der Waals surface area contributed by atoms with Gasteiger partial charge in [-0.3, -0.25) is 0 Å². The lowest BCUT2D eigenvalue weighted by Crippen LogP contribution is -2.11. The minimum absolute atomic E-state index is 0.0642. The predicted molar refractivity (Wildman–Crippen MR) is 199 cm³/mol. The molecule has 0 N–H and O–H groups in total. The maximum absolute atomic E-state index is 2.42. The number of hydrogen-bond donors (Lipinski definition) is 0. The molecule has 0 heterocycles. The molecule has 0 aromatic heterocycles. The van der Waals surface area contributed by atoms with Gasteiger partial charge >= 0.3 is 0 Å². The Labute approximate surface area is 268 Å². The lowest BCUT2D eigenvalue weighted by atomic mass is 9.80. The monoisotopic (exact) mass is 584 g/mol. The van der Waals surface area contributed by atoms with Gasteiger partial charge in [-0.1, -0.05) is 160 Å². The molecular formula is C46H32. The number of hydrogen-bond acceptors (Lipinski definition) is 0. The Hall–Kier alpha value is -5.46. The average molecular weight is 585 g/mol. The van der Waals surface area contributed by atoms with Crippen molar-refractivity contribution in [2.24, 2.45) is 0 Å². The molecule has 10 rings (SSSR count). The highest BCUT2D eigenvalue weighted by Crippen LogP contribution is 2.59. The Balaban J connectivity index is 1.43. The van der Waals surface area contributed by atoms with Gasteiger partial charge in [-0.25, -0.2) is 0 Å². The largest absolute Gasteiger partial charge is 0.0622 e. The summed E-state index contributed by atoms with van der Waals surface area (Å²) in [6.45, 7) is 6.97. The molecule has 0 aliphatic heterocycles. The molecule has 0 fully saturated rings. The summed E-state index contributed by atoms with van der Waals surface area (Å²) in [5.41, 5.74) is 12.0. The highest BCUT2D eigenvalue weighted by Gasteiger charge is 2.32. The highest BCUT2D eigenvalue weighted by atomic mass is 14.3. The lowest BCUT2D eigenvalue weighted by Gasteiger charge is -2.24. The molecule has 46 heavy (non-hydrogen) atoms. The quantitative estimate of drug-likeness (QED) is 0.140. The summed E-state index contributed by atoms with van der Waals surface area (Å²) >= 11 is 0. The normalized spacial score (nSPS) is 12.7. The van der Waals surface area contributed by atoms with Crippen molar-refractivity contribution in [3.63, 3.8) is 0 Å². The molecule has 0 heteroatoms. The molecule has 216 valence electrons. The van der Waals surface area contributed by atoms with Gasteiger partial charge in [0.05, 0.1) is 0 Å². The van der Waals surface area contributed by atoms with E-state index in [1.807, 2.05) is 0 Å². The zero-order valence-corrected chi connectivity index (χ0v) is 26.3. The first-order chi connectivity index (χ1) is 22.5. The average Bonchev–Trinajstić information content (AvgIpc) is 3.42. The van der Waals surface area contributed by atoms with Crippen LogP contribution in [0.15, 0.2) is 140 Å². The summed E-state index contributed by atoms with van der Waals surface area (Å²) < 4.78 is 0. The SMILES string of the molecule is CC(C)(C)c1ccc2c3ccc4c5c(ccc(c6cccc1c62)c53)-c1c-4c(-c2ccccc2)c2ccccc2c1-c1ccccc1. The summed E-state index contributed by atoms with van der Waals surface area (Å²) in [7, 11) is 0. The molecule has 1 aliphatic carbocycles. The minimum Gasteiger partial charge on any atom is -0.0622 e. The van der Waals surface area contributed by atoms with Crippen molar-refractivity contribution in [2.75, 3.05) is 0 Å². The topological polar surface area (TPSA) is 0 Å². The fourth-order valence-corrected chi connectivity index (χ4v) is 8.66. The zero-order chi connectivity index (χ0) is 30.7. The van der Waals surface area contributed by atoms with Gasteiger partial charge in [-0.2, -0.15) is 0 Å². The van der Waals surface area contributed by atoms with Gasteiger partial charge < -0.3 is 0 Å². The Morgan fingerprint density at radius 1 is 0.304 bits per heavy atom. The van der Waals surface area contributed by atoms with E-state index in [-0.39, 0.29) is 5.41 Å². The van der Waals surface area contributed by atoms with Gasteiger partial charge in [0.25, 0.3) is 0 Å². The second-order valence-corrected chi connectivity index (χ2v) is 14.0. The van der Waals surface area contributed by atoms with E-state index in [2.05, 4.69) is 160 Å². The minimum atomic E-state index is 0.0642. The molecule has 0 saturated heterocycles. The van der Waals surface area contributed by atoms with E-state index in [9.17, 15) is 0 Å². The third kappa shape index (κ3) is 3.29. The molecule has 0 spiro atoms. The predicted octanol–water partition coefficient (Wildman–Crippen LogP) is 13.2. The van der Waals surface area contributed by atoms with Gasteiger partial charge in [0, 0.05) is 0 Å². The Kier molecular flexibility index (Phi) is 5.08. The number of rotatable bonds is 2. The van der Waals surface area contributed by atoms with Crippen molar-refractivity contribution >= 4 is 53.9 Å². The standard InChI is InChI=1S/C46H32/c1-46(2,3)38-26-25-32-34-22-24-37-43-36(23-21-33(42(34)43)31-19-12-20-35(38)41(31)32)44-39(27-13-6-4-7-14-27)29-17-10-11-18-30(29)40(45(37)44)28-15-8-5-9-16-28/h4-26H,1-3H3. The molecule has 0 atom stereocenters. The van der Waals surface area contributed by atoms with Crippen LogP contribution in [0.5, 0.6) is 0 Å². The third-order valence-corrected chi connectivity index (χ3v) is 10.5.